The molecule has 0 radical (unpaired) electrons. The average molecular weight is 472 g/mol. The predicted octanol–water partition coefficient (Wildman–Crippen LogP) is 4.45. The van der Waals surface area contributed by atoms with E-state index in [9.17, 15) is 13.2 Å². The molecule has 8 heteroatoms. The Labute approximate surface area is 172 Å². The van der Waals surface area contributed by atoms with Crippen molar-refractivity contribution in [3.63, 3.8) is 0 Å². The minimum atomic E-state index is -3.56. The van der Waals surface area contributed by atoms with Gasteiger partial charge in [0.05, 0.1) is 10.6 Å². The molecule has 0 saturated carbocycles. The fourth-order valence-corrected chi connectivity index (χ4v) is 5.26. The number of carbonyl (C=O) groups is 1. The number of benzene rings is 2. The number of carbonyl (C=O) groups excluding carboxylic acids is 1. The monoisotopic (exact) mass is 470 g/mol. The van der Waals surface area contributed by atoms with Crippen LogP contribution in [0.4, 0.5) is 5.69 Å². The number of rotatable bonds is 4. The van der Waals surface area contributed by atoms with Crippen LogP contribution in [0.2, 0.25) is 5.02 Å². The van der Waals surface area contributed by atoms with Crippen LogP contribution < -0.4 is 5.32 Å². The number of amides is 1. The number of aryl methyl sites for hydroxylation is 1. The molecular weight excluding hydrogens is 452 g/mol. The summed E-state index contributed by atoms with van der Waals surface area (Å²) in [6, 6.07) is 11.9. The number of nitrogens with zero attached hydrogens (tertiary/aromatic N) is 1. The smallest absolute Gasteiger partial charge is 0.243 e. The van der Waals surface area contributed by atoms with Crippen LogP contribution in [0.15, 0.2) is 51.8 Å². The van der Waals surface area contributed by atoms with Crippen molar-refractivity contribution in [2.75, 3.05) is 18.4 Å². The van der Waals surface area contributed by atoms with Crippen LogP contribution in [0.5, 0.6) is 0 Å². The Balaban J connectivity index is 1.62. The Bertz CT molecular complexity index is 940. The summed E-state index contributed by atoms with van der Waals surface area (Å²) >= 11 is 9.29. The average Bonchev–Trinajstić information content (AvgIpc) is 2.64. The molecule has 0 atom stereocenters. The molecule has 0 aliphatic carbocycles. The SMILES string of the molecule is Cc1ccc(NC(=O)C2CCN(S(=O)(=O)c3ccc(Cl)cc3)CC2)c(Br)c1. The highest BCUT2D eigenvalue weighted by molar-refractivity contribution is 9.10. The zero-order valence-electron chi connectivity index (χ0n) is 14.8. The number of anilines is 1. The first-order chi connectivity index (χ1) is 12.8. The molecule has 5 nitrogen and oxygen atoms in total. The summed E-state index contributed by atoms with van der Waals surface area (Å²) in [6.07, 6.45) is 0.976. The van der Waals surface area contributed by atoms with Crippen molar-refractivity contribution < 1.29 is 13.2 Å². The Hall–Kier alpha value is -1.41. The van der Waals surface area contributed by atoms with Crippen molar-refractivity contribution >= 4 is 49.1 Å². The molecule has 1 aliphatic heterocycles. The number of hydrogen-bond donors (Lipinski definition) is 1. The molecule has 144 valence electrons. The highest BCUT2D eigenvalue weighted by Crippen LogP contribution is 2.28. The summed E-state index contributed by atoms with van der Waals surface area (Å²) in [5.74, 6) is -0.294. The van der Waals surface area contributed by atoms with Crippen molar-refractivity contribution in [2.45, 2.75) is 24.7 Å². The standard InChI is InChI=1S/C19H20BrClN2O3S/c1-13-2-7-18(17(20)12-13)22-19(24)14-8-10-23(11-9-14)27(25,26)16-5-3-15(21)4-6-16/h2-7,12,14H,8-11H2,1H3,(H,22,24). The molecule has 2 aromatic rings. The van der Waals surface area contributed by atoms with Crippen LogP contribution in [-0.2, 0) is 14.8 Å². The Kier molecular flexibility index (Phi) is 6.25. The van der Waals surface area contributed by atoms with Gasteiger partial charge in [-0.3, -0.25) is 4.79 Å². The van der Waals surface area contributed by atoms with E-state index >= 15 is 0 Å². The van der Waals surface area contributed by atoms with E-state index in [1.165, 1.54) is 16.4 Å². The summed E-state index contributed by atoms with van der Waals surface area (Å²) in [4.78, 5) is 12.8. The quantitative estimate of drug-likeness (QED) is 0.716. The molecule has 27 heavy (non-hydrogen) atoms. The molecule has 1 N–H and O–H groups in total. The summed E-state index contributed by atoms with van der Waals surface area (Å²) in [5, 5.41) is 3.42. The molecule has 0 aromatic heterocycles. The van der Waals surface area contributed by atoms with Crippen LogP contribution in [0.3, 0.4) is 0 Å². The lowest BCUT2D eigenvalue weighted by Gasteiger charge is -2.30. The molecule has 1 amide bonds. The number of sulfonamides is 1. The first-order valence-corrected chi connectivity index (χ1v) is 11.2. The fourth-order valence-electron chi connectivity index (χ4n) is 3.07. The maximum atomic E-state index is 12.7. The minimum Gasteiger partial charge on any atom is -0.325 e. The maximum Gasteiger partial charge on any atom is 0.243 e. The Morgan fingerprint density at radius 3 is 2.37 bits per heavy atom. The van der Waals surface area contributed by atoms with Crippen molar-refractivity contribution in [1.29, 1.82) is 0 Å². The molecule has 0 spiro atoms. The molecule has 0 unspecified atom stereocenters. The van der Waals surface area contributed by atoms with E-state index in [1.807, 2.05) is 25.1 Å². The summed E-state index contributed by atoms with van der Waals surface area (Å²) in [7, 11) is -3.56. The lowest BCUT2D eigenvalue weighted by Crippen LogP contribution is -2.41. The topological polar surface area (TPSA) is 66.5 Å². The second-order valence-electron chi connectivity index (χ2n) is 6.60. The van der Waals surface area contributed by atoms with Gasteiger partial charge in [0.2, 0.25) is 15.9 Å². The third-order valence-corrected chi connectivity index (χ3v) is 7.48. The lowest BCUT2D eigenvalue weighted by atomic mass is 9.97. The van der Waals surface area contributed by atoms with Gasteiger partial charge in [-0.1, -0.05) is 17.7 Å². The van der Waals surface area contributed by atoms with Gasteiger partial charge in [0.25, 0.3) is 0 Å². The Morgan fingerprint density at radius 1 is 1.15 bits per heavy atom. The van der Waals surface area contributed by atoms with Gasteiger partial charge in [-0.05, 0) is 77.7 Å². The minimum absolute atomic E-state index is 0.0805. The van der Waals surface area contributed by atoms with Crippen LogP contribution in [0.1, 0.15) is 18.4 Å². The van der Waals surface area contributed by atoms with Crippen LogP contribution in [0, 0.1) is 12.8 Å². The highest BCUT2D eigenvalue weighted by Gasteiger charge is 2.32. The third kappa shape index (κ3) is 4.71. The van der Waals surface area contributed by atoms with Gasteiger partial charge in [0.15, 0.2) is 0 Å². The zero-order chi connectivity index (χ0) is 19.6. The van der Waals surface area contributed by atoms with Crippen molar-refractivity contribution in [3.8, 4) is 0 Å². The first-order valence-electron chi connectivity index (χ1n) is 8.60. The van der Waals surface area contributed by atoms with Gasteiger partial charge in [-0.2, -0.15) is 4.31 Å². The fraction of sp³-hybridized carbons (Fsp3) is 0.316. The van der Waals surface area contributed by atoms with E-state index < -0.39 is 10.0 Å². The van der Waals surface area contributed by atoms with Gasteiger partial charge in [0, 0.05) is 28.5 Å². The van der Waals surface area contributed by atoms with Gasteiger partial charge in [-0.15, -0.1) is 0 Å². The third-order valence-electron chi connectivity index (χ3n) is 4.66. The second-order valence-corrected chi connectivity index (χ2v) is 9.83. The largest absolute Gasteiger partial charge is 0.325 e. The van der Waals surface area contributed by atoms with Crippen LogP contribution in [-0.4, -0.2) is 31.7 Å². The van der Waals surface area contributed by atoms with Gasteiger partial charge < -0.3 is 5.32 Å². The normalized spacial score (nSPS) is 16.3. The van der Waals surface area contributed by atoms with Gasteiger partial charge in [-0.25, -0.2) is 8.42 Å². The summed E-state index contributed by atoms with van der Waals surface area (Å²) in [5.41, 5.74) is 1.82. The number of hydrogen-bond acceptors (Lipinski definition) is 3. The molecule has 3 rings (SSSR count). The van der Waals surface area contributed by atoms with Crippen molar-refractivity contribution in [2.24, 2.45) is 5.92 Å². The molecule has 1 saturated heterocycles. The van der Waals surface area contributed by atoms with E-state index in [2.05, 4.69) is 21.2 Å². The molecule has 1 aliphatic rings. The molecular formula is C19H20BrClN2O3S. The van der Waals surface area contributed by atoms with Gasteiger partial charge >= 0.3 is 0 Å². The lowest BCUT2D eigenvalue weighted by molar-refractivity contribution is -0.120. The van der Waals surface area contributed by atoms with Crippen molar-refractivity contribution in [1.82, 2.24) is 4.31 Å². The van der Waals surface area contributed by atoms with E-state index in [0.717, 1.165) is 15.7 Å². The van der Waals surface area contributed by atoms with Crippen LogP contribution >= 0.6 is 27.5 Å². The summed E-state index contributed by atoms with van der Waals surface area (Å²) < 4.78 is 27.7. The number of piperidine rings is 1. The van der Waals surface area contributed by atoms with Crippen molar-refractivity contribution in [3.05, 3.63) is 57.5 Å². The Morgan fingerprint density at radius 2 is 1.78 bits per heavy atom. The first kappa shape index (κ1) is 20.3. The molecule has 1 heterocycles. The second kappa shape index (κ2) is 8.31. The number of halogens is 2. The van der Waals surface area contributed by atoms with Gasteiger partial charge in [0.1, 0.15) is 0 Å². The maximum absolute atomic E-state index is 12.7. The number of nitrogens with one attached hydrogen (secondary N) is 1. The highest BCUT2D eigenvalue weighted by atomic mass is 79.9. The van der Waals surface area contributed by atoms with E-state index in [-0.39, 0.29) is 16.7 Å². The summed E-state index contributed by atoms with van der Waals surface area (Å²) in [6.45, 7) is 2.61. The van der Waals surface area contributed by atoms with E-state index in [1.54, 1.807) is 12.1 Å². The van der Waals surface area contributed by atoms with Crippen LogP contribution in [0.25, 0.3) is 0 Å². The zero-order valence-corrected chi connectivity index (χ0v) is 17.9. The predicted molar refractivity (Wildman–Crippen MR) is 110 cm³/mol. The molecule has 0 bridgehead atoms. The molecule has 2 aromatic carbocycles. The molecule has 1 fully saturated rings. The van der Waals surface area contributed by atoms with E-state index in [0.29, 0.717) is 31.0 Å². The van der Waals surface area contributed by atoms with E-state index in [4.69, 9.17) is 11.6 Å².